The van der Waals surface area contributed by atoms with Crippen molar-refractivity contribution in [2.45, 2.75) is 31.4 Å². The molecule has 2 aromatic rings. The molecule has 0 saturated carbocycles. The highest BCUT2D eigenvalue weighted by atomic mass is 32.2. The number of pyridine rings is 1. The Balaban J connectivity index is 1.88. The summed E-state index contributed by atoms with van der Waals surface area (Å²) < 4.78 is 33.1. The minimum Gasteiger partial charge on any atom is -0.446 e. The summed E-state index contributed by atoms with van der Waals surface area (Å²) in [6, 6.07) is 6.51. The molecule has 1 aliphatic rings. The van der Waals surface area contributed by atoms with E-state index in [1.165, 1.54) is 14.9 Å². The summed E-state index contributed by atoms with van der Waals surface area (Å²) in [6.07, 6.45) is 3.26. The standard InChI is InChI=1S/C16H17N3O4S/c1-12-6-9-18(16(20)14(12)10-17)11-13-4-5-15(23-13)24(21,22)19-7-2-3-8-19/h4-6,9H,2-3,7-8,11H2,1H3. The van der Waals surface area contributed by atoms with Gasteiger partial charge in [-0.25, -0.2) is 8.42 Å². The summed E-state index contributed by atoms with van der Waals surface area (Å²) in [5.74, 6) is 0.350. The Bertz CT molecular complexity index is 960. The van der Waals surface area contributed by atoms with Crippen LogP contribution in [-0.4, -0.2) is 30.4 Å². The molecule has 0 radical (unpaired) electrons. The topological polar surface area (TPSA) is 96.3 Å². The van der Waals surface area contributed by atoms with Gasteiger partial charge in [0.05, 0.1) is 6.54 Å². The second-order valence-electron chi connectivity index (χ2n) is 5.75. The van der Waals surface area contributed by atoms with E-state index in [-0.39, 0.29) is 17.2 Å². The van der Waals surface area contributed by atoms with Crippen LogP contribution in [0.25, 0.3) is 0 Å². The molecule has 0 spiro atoms. The maximum absolute atomic E-state index is 12.4. The largest absolute Gasteiger partial charge is 0.446 e. The number of hydrogen-bond acceptors (Lipinski definition) is 5. The molecule has 3 heterocycles. The van der Waals surface area contributed by atoms with E-state index in [2.05, 4.69) is 0 Å². The average Bonchev–Trinajstić information content (AvgIpc) is 3.22. The molecule has 2 aromatic heterocycles. The fraction of sp³-hybridized carbons (Fsp3) is 0.375. The first kappa shape index (κ1) is 16.5. The number of rotatable bonds is 4. The molecule has 3 rings (SSSR count). The first-order valence-corrected chi connectivity index (χ1v) is 9.06. The zero-order valence-electron chi connectivity index (χ0n) is 13.2. The van der Waals surface area contributed by atoms with Crippen LogP contribution < -0.4 is 5.56 Å². The van der Waals surface area contributed by atoms with Crippen molar-refractivity contribution >= 4 is 10.0 Å². The fourth-order valence-corrected chi connectivity index (χ4v) is 4.18. The van der Waals surface area contributed by atoms with Crippen LogP contribution >= 0.6 is 0 Å². The molecule has 126 valence electrons. The third-order valence-corrected chi connectivity index (χ3v) is 5.88. The lowest BCUT2D eigenvalue weighted by molar-refractivity contribution is 0.383. The van der Waals surface area contributed by atoms with Crippen molar-refractivity contribution in [1.82, 2.24) is 8.87 Å². The van der Waals surface area contributed by atoms with Gasteiger partial charge in [0.25, 0.3) is 15.6 Å². The predicted molar refractivity (Wildman–Crippen MR) is 86.0 cm³/mol. The van der Waals surface area contributed by atoms with Crippen molar-refractivity contribution in [1.29, 1.82) is 5.26 Å². The van der Waals surface area contributed by atoms with E-state index in [4.69, 9.17) is 9.68 Å². The second kappa shape index (κ2) is 6.26. The fourth-order valence-electron chi connectivity index (χ4n) is 2.73. The van der Waals surface area contributed by atoms with E-state index in [1.54, 1.807) is 25.3 Å². The van der Waals surface area contributed by atoms with Gasteiger partial charge >= 0.3 is 0 Å². The van der Waals surface area contributed by atoms with Gasteiger partial charge in [0.1, 0.15) is 17.4 Å². The minimum atomic E-state index is -3.61. The maximum Gasteiger partial charge on any atom is 0.276 e. The summed E-state index contributed by atoms with van der Waals surface area (Å²) >= 11 is 0. The molecule has 0 amide bonds. The summed E-state index contributed by atoms with van der Waals surface area (Å²) in [5, 5.41) is 8.94. The van der Waals surface area contributed by atoms with Gasteiger partial charge in [-0.1, -0.05) is 0 Å². The zero-order valence-corrected chi connectivity index (χ0v) is 14.0. The van der Waals surface area contributed by atoms with Crippen molar-refractivity contribution in [3.05, 3.63) is 51.6 Å². The average molecular weight is 347 g/mol. The van der Waals surface area contributed by atoms with Gasteiger partial charge in [0.15, 0.2) is 0 Å². The SMILES string of the molecule is Cc1ccn(Cc2ccc(S(=O)(=O)N3CCCC3)o2)c(=O)c1C#N. The number of aromatic nitrogens is 1. The molecule has 1 fully saturated rings. The molecule has 24 heavy (non-hydrogen) atoms. The highest BCUT2D eigenvalue weighted by Crippen LogP contribution is 2.22. The van der Waals surface area contributed by atoms with E-state index in [0.717, 1.165) is 12.8 Å². The van der Waals surface area contributed by atoms with E-state index in [0.29, 0.717) is 24.4 Å². The monoisotopic (exact) mass is 347 g/mol. The van der Waals surface area contributed by atoms with Crippen LogP contribution in [-0.2, 0) is 16.6 Å². The van der Waals surface area contributed by atoms with Crippen LogP contribution in [0.5, 0.6) is 0 Å². The summed E-state index contributed by atoms with van der Waals surface area (Å²) in [5.41, 5.74) is 0.266. The third-order valence-electron chi connectivity index (χ3n) is 4.11. The van der Waals surface area contributed by atoms with E-state index >= 15 is 0 Å². The van der Waals surface area contributed by atoms with Crippen LogP contribution in [0.15, 0.2) is 38.7 Å². The highest BCUT2D eigenvalue weighted by molar-refractivity contribution is 7.89. The van der Waals surface area contributed by atoms with Gasteiger partial charge < -0.3 is 8.98 Å². The molecule has 0 aliphatic carbocycles. The van der Waals surface area contributed by atoms with Gasteiger partial charge in [-0.2, -0.15) is 9.57 Å². The molecule has 1 saturated heterocycles. The third kappa shape index (κ3) is 2.88. The molecule has 7 nitrogen and oxygen atoms in total. The normalized spacial score (nSPS) is 15.5. The van der Waals surface area contributed by atoms with Gasteiger partial charge in [-0.05, 0) is 43.5 Å². The molecular weight excluding hydrogens is 330 g/mol. The van der Waals surface area contributed by atoms with Crippen LogP contribution in [0, 0.1) is 18.3 Å². The molecule has 1 aliphatic heterocycles. The summed E-state index contributed by atoms with van der Waals surface area (Å²) in [4.78, 5) is 12.2. The van der Waals surface area contributed by atoms with E-state index in [9.17, 15) is 13.2 Å². The van der Waals surface area contributed by atoms with Gasteiger partial charge in [0, 0.05) is 19.3 Å². The number of nitrogens with zero attached hydrogens (tertiary/aromatic N) is 3. The van der Waals surface area contributed by atoms with Gasteiger partial charge in [0.2, 0.25) is 5.09 Å². The number of aryl methyl sites for hydroxylation is 1. The molecule has 0 atom stereocenters. The Kier molecular flexibility index (Phi) is 4.30. The minimum absolute atomic E-state index is 0.0727. The predicted octanol–water partition coefficient (Wildman–Crippen LogP) is 1.45. The first-order valence-electron chi connectivity index (χ1n) is 7.62. The molecule has 0 N–H and O–H groups in total. The molecule has 0 unspecified atom stereocenters. The van der Waals surface area contributed by atoms with Crippen LogP contribution in [0.2, 0.25) is 0 Å². The van der Waals surface area contributed by atoms with E-state index < -0.39 is 15.6 Å². The Hall–Kier alpha value is -2.37. The molecule has 8 heteroatoms. The zero-order chi connectivity index (χ0) is 17.3. The molecule has 0 aromatic carbocycles. The summed E-state index contributed by atoms with van der Waals surface area (Å²) in [7, 11) is -3.61. The van der Waals surface area contributed by atoms with Crippen LogP contribution in [0.4, 0.5) is 0 Å². The maximum atomic E-state index is 12.4. The lowest BCUT2D eigenvalue weighted by Gasteiger charge is -2.12. The number of furan rings is 1. The Morgan fingerprint density at radius 2 is 1.96 bits per heavy atom. The number of nitriles is 1. The van der Waals surface area contributed by atoms with Crippen molar-refractivity contribution in [2.24, 2.45) is 0 Å². The first-order chi connectivity index (χ1) is 11.4. The van der Waals surface area contributed by atoms with Crippen LogP contribution in [0.3, 0.4) is 0 Å². The molecule has 0 bridgehead atoms. The number of sulfonamides is 1. The van der Waals surface area contributed by atoms with Crippen molar-refractivity contribution in [2.75, 3.05) is 13.1 Å². The van der Waals surface area contributed by atoms with Crippen molar-refractivity contribution in [3.8, 4) is 6.07 Å². The Morgan fingerprint density at radius 3 is 2.62 bits per heavy atom. The lowest BCUT2D eigenvalue weighted by Crippen LogP contribution is -2.27. The van der Waals surface area contributed by atoms with Crippen LogP contribution in [0.1, 0.15) is 29.7 Å². The lowest BCUT2D eigenvalue weighted by atomic mass is 10.2. The van der Waals surface area contributed by atoms with Gasteiger partial charge in [-0.15, -0.1) is 0 Å². The van der Waals surface area contributed by atoms with Gasteiger partial charge in [-0.3, -0.25) is 4.79 Å². The quantitative estimate of drug-likeness (QED) is 0.834. The Labute approximate surface area is 139 Å². The van der Waals surface area contributed by atoms with E-state index in [1.807, 2.05) is 6.07 Å². The molecular formula is C16H17N3O4S. The van der Waals surface area contributed by atoms with Crippen molar-refractivity contribution < 1.29 is 12.8 Å². The second-order valence-corrected chi connectivity index (χ2v) is 7.62. The summed E-state index contributed by atoms with van der Waals surface area (Å²) in [6.45, 7) is 2.77. The van der Waals surface area contributed by atoms with Crippen molar-refractivity contribution in [3.63, 3.8) is 0 Å². The highest BCUT2D eigenvalue weighted by Gasteiger charge is 2.29. The number of hydrogen-bond donors (Lipinski definition) is 0. The smallest absolute Gasteiger partial charge is 0.276 e. The Morgan fingerprint density at radius 1 is 1.25 bits per heavy atom.